The molecule has 4 heteroatoms. The zero-order valence-corrected chi connectivity index (χ0v) is 11.1. The minimum atomic E-state index is -0.215. The van der Waals surface area contributed by atoms with E-state index in [-0.39, 0.29) is 11.5 Å². The number of nitrogens with zero attached hydrogens (tertiary/aromatic N) is 1. The van der Waals surface area contributed by atoms with Crippen molar-refractivity contribution in [3.8, 4) is 0 Å². The van der Waals surface area contributed by atoms with Crippen molar-refractivity contribution in [2.24, 2.45) is 0 Å². The molecule has 0 saturated carbocycles. The smallest absolute Gasteiger partial charge is 0.306 e. The van der Waals surface area contributed by atoms with Gasteiger partial charge in [-0.1, -0.05) is 13.3 Å². The molecule has 0 radical (unpaired) electrons. The maximum atomic E-state index is 11.8. The van der Waals surface area contributed by atoms with E-state index in [4.69, 9.17) is 4.74 Å². The molecule has 0 saturated heterocycles. The summed E-state index contributed by atoms with van der Waals surface area (Å²) in [5.74, 6) is -0.215. The van der Waals surface area contributed by atoms with Crippen LogP contribution in [-0.2, 0) is 22.5 Å². The van der Waals surface area contributed by atoms with Gasteiger partial charge in [-0.15, -0.1) is 0 Å². The highest BCUT2D eigenvalue weighted by molar-refractivity contribution is 5.69. The van der Waals surface area contributed by atoms with Crippen LogP contribution in [0.1, 0.15) is 38.7 Å². The van der Waals surface area contributed by atoms with Crippen LogP contribution in [0.3, 0.4) is 0 Å². The number of pyridine rings is 1. The highest BCUT2D eigenvalue weighted by Gasteiger charge is 2.04. The summed E-state index contributed by atoms with van der Waals surface area (Å²) in [6, 6.07) is 3.51. The number of hydrogen-bond donors (Lipinski definition) is 0. The lowest BCUT2D eigenvalue weighted by Gasteiger charge is -2.06. The summed E-state index contributed by atoms with van der Waals surface area (Å²) in [4.78, 5) is 23.0. The second kappa shape index (κ2) is 7.69. The van der Waals surface area contributed by atoms with Crippen molar-refractivity contribution >= 4 is 5.97 Å². The Morgan fingerprint density at radius 2 is 2.17 bits per heavy atom. The number of carbonyl (C=O) groups is 1. The van der Waals surface area contributed by atoms with Gasteiger partial charge in [0.25, 0.3) is 5.56 Å². The van der Waals surface area contributed by atoms with Crippen molar-refractivity contribution in [1.82, 2.24) is 4.57 Å². The molecule has 1 aromatic rings. The van der Waals surface area contributed by atoms with Crippen LogP contribution in [0.25, 0.3) is 0 Å². The molecule has 0 amide bonds. The molecule has 18 heavy (non-hydrogen) atoms. The van der Waals surface area contributed by atoms with Gasteiger partial charge in [-0.3, -0.25) is 9.59 Å². The van der Waals surface area contributed by atoms with E-state index in [0.717, 1.165) is 24.9 Å². The second-order valence-corrected chi connectivity index (χ2v) is 4.23. The van der Waals surface area contributed by atoms with E-state index in [1.807, 2.05) is 6.07 Å². The first-order valence-corrected chi connectivity index (χ1v) is 6.52. The third-order valence-corrected chi connectivity index (χ3v) is 2.74. The van der Waals surface area contributed by atoms with Crippen LogP contribution in [0.4, 0.5) is 0 Å². The Morgan fingerprint density at radius 3 is 2.78 bits per heavy atom. The van der Waals surface area contributed by atoms with E-state index in [1.54, 1.807) is 23.8 Å². The first-order valence-electron chi connectivity index (χ1n) is 6.52. The normalized spacial score (nSPS) is 10.3. The van der Waals surface area contributed by atoms with Gasteiger partial charge in [-0.25, -0.2) is 0 Å². The SMILES string of the molecule is CCCCn1ccc(CCC(=O)OCC)cc1=O. The van der Waals surface area contributed by atoms with Gasteiger partial charge >= 0.3 is 5.97 Å². The van der Waals surface area contributed by atoms with Crippen molar-refractivity contribution in [3.05, 3.63) is 34.2 Å². The fraction of sp³-hybridized carbons (Fsp3) is 0.571. The van der Waals surface area contributed by atoms with Gasteiger partial charge in [0, 0.05) is 25.2 Å². The van der Waals surface area contributed by atoms with Crippen molar-refractivity contribution < 1.29 is 9.53 Å². The molecule has 0 aliphatic carbocycles. The molecule has 0 spiro atoms. The molecule has 4 nitrogen and oxygen atoms in total. The Bertz CT molecular complexity index is 437. The predicted molar refractivity (Wildman–Crippen MR) is 70.6 cm³/mol. The highest BCUT2D eigenvalue weighted by Crippen LogP contribution is 2.02. The molecule has 1 aromatic heterocycles. The van der Waals surface area contributed by atoms with E-state index in [9.17, 15) is 9.59 Å². The van der Waals surface area contributed by atoms with Gasteiger partial charge in [-0.2, -0.15) is 0 Å². The van der Waals surface area contributed by atoms with Crippen LogP contribution >= 0.6 is 0 Å². The molecule has 0 bridgehead atoms. The van der Waals surface area contributed by atoms with Crippen molar-refractivity contribution in [1.29, 1.82) is 0 Å². The van der Waals surface area contributed by atoms with E-state index in [2.05, 4.69) is 6.92 Å². The molecular weight excluding hydrogens is 230 g/mol. The molecule has 1 rings (SSSR count). The summed E-state index contributed by atoms with van der Waals surface area (Å²) >= 11 is 0. The van der Waals surface area contributed by atoms with Crippen LogP contribution in [-0.4, -0.2) is 17.1 Å². The lowest BCUT2D eigenvalue weighted by Crippen LogP contribution is -2.19. The van der Waals surface area contributed by atoms with Crippen molar-refractivity contribution in [2.45, 2.75) is 46.1 Å². The standard InChI is InChI=1S/C14H21NO3/c1-3-5-9-15-10-8-12(11-13(15)16)6-7-14(17)18-4-2/h8,10-11H,3-7,9H2,1-2H3. The van der Waals surface area contributed by atoms with E-state index >= 15 is 0 Å². The third-order valence-electron chi connectivity index (χ3n) is 2.74. The Labute approximate surface area is 108 Å². The molecular formula is C14H21NO3. The topological polar surface area (TPSA) is 48.3 Å². The van der Waals surface area contributed by atoms with Crippen LogP contribution in [0, 0.1) is 0 Å². The summed E-state index contributed by atoms with van der Waals surface area (Å²) in [5.41, 5.74) is 0.894. The van der Waals surface area contributed by atoms with Crippen LogP contribution in [0.2, 0.25) is 0 Å². The number of unbranched alkanes of at least 4 members (excludes halogenated alkanes) is 1. The summed E-state index contributed by atoms with van der Waals surface area (Å²) in [7, 11) is 0. The highest BCUT2D eigenvalue weighted by atomic mass is 16.5. The fourth-order valence-corrected chi connectivity index (χ4v) is 1.70. The largest absolute Gasteiger partial charge is 0.466 e. The molecule has 0 aliphatic heterocycles. The Balaban J connectivity index is 2.56. The quantitative estimate of drug-likeness (QED) is 0.698. The van der Waals surface area contributed by atoms with E-state index < -0.39 is 0 Å². The van der Waals surface area contributed by atoms with Gasteiger partial charge in [-0.05, 0) is 31.4 Å². The minimum absolute atomic E-state index is 0.00445. The fourth-order valence-electron chi connectivity index (χ4n) is 1.70. The number of ether oxygens (including phenoxy) is 1. The second-order valence-electron chi connectivity index (χ2n) is 4.23. The van der Waals surface area contributed by atoms with Crippen molar-refractivity contribution in [3.63, 3.8) is 0 Å². The van der Waals surface area contributed by atoms with E-state index in [0.29, 0.717) is 19.4 Å². The van der Waals surface area contributed by atoms with E-state index in [1.165, 1.54) is 0 Å². The number of rotatable bonds is 7. The third kappa shape index (κ3) is 4.73. The maximum Gasteiger partial charge on any atom is 0.306 e. The lowest BCUT2D eigenvalue weighted by atomic mass is 10.1. The molecule has 0 aromatic carbocycles. The molecule has 1 heterocycles. The van der Waals surface area contributed by atoms with Gasteiger partial charge < -0.3 is 9.30 Å². The van der Waals surface area contributed by atoms with Gasteiger partial charge in [0.05, 0.1) is 6.61 Å². The number of esters is 1. The number of hydrogen-bond acceptors (Lipinski definition) is 3. The number of aromatic nitrogens is 1. The Kier molecular flexibility index (Phi) is 6.19. The summed E-state index contributed by atoms with van der Waals surface area (Å²) in [6.07, 6.45) is 4.76. The van der Waals surface area contributed by atoms with Gasteiger partial charge in [0.2, 0.25) is 0 Å². The van der Waals surface area contributed by atoms with Gasteiger partial charge in [0.15, 0.2) is 0 Å². The van der Waals surface area contributed by atoms with Crippen LogP contribution in [0.5, 0.6) is 0 Å². The molecule has 100 valence electrons. The van der Waals surface area contributed by atoms with Crippen molar-refractivity contribution in [2.75, 3.05) is 6.61 Å². The van der Waals surface area contributed by atoms with Gasteiger partial charge in [0.1, 0.15) is 0 Å². The van der Waals surface area contributed by atoms with Crippen LogP contribution < -0.4 is 5.56 Å². The minimum Gasteiger partial charge on any atom is -0.466 e. The summed E-state index contributed by atoms with van der Waals surface area (Å²) < 4.78 is 6.55. The molecule has 0 aliphatic rings. The Hall–Kier alpha value is -1.58. The maximum absolute atomic E-state index is 11.8. The number of aryl methyl sites for hydroxylation is 2. The first kappa shape index (κ1) is 14.5. The number of carbonyl (C=O) groups excluding carboxylic acids is 1. The summed E-state index contributed by atoms with van der Waals surface area (Å²) in [5, 5.41) is 0. The predicted octanol–water partition coefficient (Wildman–Crippen LogP) is 2.14. The summed E-state index contributed by atoms with van der Waals surface area (Å²) in [6.45, 7) is 5.04. The van der Waals surface area contributed by atoms with Crippen LogP contribution in [0.15, 0.2) is 23.1 Å². The molecule has 0 unspecified atom stereocenters. The average molecular weight is 251 g/mol. The molecule has 0 N–H and O–H groups in total. The molecule has 0 fully saturated rings. The zero-order valence-electron chi connectivity index (χ0n) is 11.1. The molecule has 0 atom stereocenters. The first-order chi connectivity index (χ1) is 8.67. The zero-order chi connectivity index (χ0) is 13.4. The monoisotopic (exact) mass is 251 g/mol. The lowest BCUT2D eigenvalue weighted by molar-refractivity contribution is -0.143. The average Bonchev–Trinajstić information content (AvgIpc) is 2.35. The Morgan fingerprint density at radius 1 is 1.39 bits per heavy atom.